The molecular formula is C13H9BrN4. The summed E-state index contributed by atoms with van der Waals surface area (Å²) in [7, 11) is 0. The van der Waals surface area contributed by atoms with Crippen molar-refractivity contribution in [3.05, 3.63) is 59.5 Å². The minimum atomic E-state index is 0.730. The molecule has 2 aromatic heterocycles. The summed E-state index contributed by atoms with van der Waals surface area (Å²) in [5.41, 5.74) is 1.81. The maximum absolute atomic E-state index is 4.34. The molecule has 0 spiro atoms. The second kappa shape index (κ2) is 4.70. The molecule has 3 aromatic rings. The third-order valence-electron chi connectivity index (χ3n) is 2.54. The molecule has 0 unspecified atom stereocenters. The summed E-state index contributed by atoms with van der Waals surface area (Å²) in [6, 6.07) is 13.8. The quantitative estimate of drug-likeness (QED) is 0.730. The Bertz CT molecular complexity index is 646. The van der Waals surface area contributed by atoms with Crippen LogP contribution in [-0.4, -0.2) is 19.7 Å². The molecule has 1 aromatic carbocycles. The van der Waals surface area contributed by atoms with Crippen molar-refractivity contribution < 1.29 is 0 Å². The van der Waals surface area contributed by atoms with Crippen molar-refractivity contribution >= 4 is 15.9 Å². The molecule has 5 heteroatoms. The lowest BCUT2D eigenvalue weighted by molar-refractivity contribution is 1.05. The van der Waals surface area contributed by atoms with Gasteiger partial charge in [0.25, 0.3) is 0 Å². The number of pyridine rings is 1. The van der Waals surface area contributed by atoms with Gasteiger partial charge in [-0.3, -0.25) is 9.55 Å². The zero-order valence-electron chi connectivity index (χ0n) is 9.36. The topological polar surface area (TPSA) is 43.6 Å². The average Bonchev–Trinajstić information content (AvgIpc) is 2.90. The fourth-order valence-electron chi connectivity index (χ4n) is 1.70. The predicted octanol–water partition coefficient (Wildman–Crippen LogP) is 3.09. The van der Waals surface area contributed by atoms with Gasteiger partial charge in [0.2, 0.25) is 0 Å². The summed E-state index contributed by atoms with van der Waals surface area (Å²) in [5.74, 6) is 0.730. The second-order valence-corrected chi connectivity index (χ2v) is 4.64. The van der Waals surface area contributed by atoms with E-state index in [4.69, 9.17) is 0 Å². The summed E-state index contributed by atoms with van der Waals surface area (Å²) >= 11 is 3.37. The van der Waals surface area contributed by atoms with E-state index < -0.39 is 0 Å². The minimum absolute atomic E-state index is 0.730. The van der Waals surface area contributed by atoms with Crippen molar-refractivity contribution in [2.75, 3.05) is 0 Å². The van der Waals surface area contributed by atoms with E-state index >= 15 is 0 Å². The molecule has 0 bridgehead atoms. The zero-order valence-corrected chi connectivity index (χ0v) is 10.9. The fourth-order valence-corrected chi connectivity index (χ4v) is 1.93. The van der Waals surface area contributed by atoms with Crippen LogP contribution in [0.15, 0.2) is 59.5 Å². The Labute approximate surface area is 112 Å². The molecule has 2 heterocycles. The van der Waals surface area contributed by atoms with Crippen LogP contribution in [0.1, 0.15) is 0 Å². The van der Waals surface area contributed by atoms with E-state index in [1.54, 1.807) is 12.5 Å². The number of aromatic nitrogens is 4. The summed E-state index contributed by atoms with van der Waals surface area (Å²) < 4.78 is 2.85. The number of halogens is 1. The fraction of sp³-hybridized carbons (Fsp3) is 0. The number of rotatable bonds is 2. The Morgan fingerprint density at radius 1 is 1.00 bits per heavy atom. The zero-order chi connectivity index (χ0) is 12.4. The van der Waals surface area contributed by atoms with Crippen LogP contribution in [-0.2, 0) is 0 Å². The highest BCUT2D eigenvalue weighted by atomic mass is 79.9. The Hall–Kier alpha value is -2.01. The average molecular weight is 301 g/mol. The van der Waals surface area contributed by atoms with E-state index in [0.717, 1.165) is 21.7 Å². The molecule has 3 rings (SSSR count). The molecular weight excluding hydrogens is 292 g/mol. The standard InChI is InChI=1S/C13H9BrN4/c14-10-6-7-12(15-8-10)13-17-16-9-18(13)11-4-2-1-3-5-11/h1-9H. The van der Waals surface area contributed by atoms with Crippen molar-refractivity contribution in [3.63, 3.8) is 0 Å². The highest BCUT2D eigenvalue weighted by Crippen LogP contribution is 2.19. The Balaban J connectivity index is 2.10. The van der Waals surface area contributed by atoms with Gasteiger partial charge in [0.1, 0.15) is 12.0 Å². The highest BCUT2D eigenvalue weighted by Gasteiger charge is 2.09. The molecule has 0 aliphatic rings. The molecule has 88 valence electrons. The monoisotopic (exact) mass is 300 g/mol. The first-order valence-corrected chi connectivity index (χ1v) is 6.21. The first-order valence-electron chi connectivity index (χ1n) is 5.42. The number of hydrogen-bond donors (Lipinski definition) is 0. The third kappa shape index (κ3) is 2.04. The van der Waals surface area contributed by atoms with E-state index in [9.17, 15) is 0 Å². The number of benzene rings is 1. The number of nitrogens with zero attached hydrogens (tertiary/aromatic N) is 4. The van der Waals surface area contributed by atoms with Crippen LogP contribution in [0, 0.1) is 0 Å². The highest BCUT2D eigenvalue weighted by molar-refractivity contribution is 9.10. The first kappa shape index (κ1) is 11.1. The van der Waals surface area contributed by atoms with Crippen LogP contribution in [0.5, 0.6) is 0 Å². The number of hydrogen-bond acceptors (Lipinski definition) is 3. The lowest BCUT2D eigenvalue weighted by atomic mass is 10.3. The molecule has 0 fully saturated rings. The molecule has 0 amide bonds. The van der Waals surface area contributed by atoms with E-state index in [1.807, 2.05) is 47.0 Å². The molecule has 0 atom stereocenters. The summed E-state index contributed by atoms with van der Waals surface area (Å²) in [5, 5.41) is 8.09. The summed E-state index contributed by atoms with van der Waals surface area (Å²) in [6.45, 7) is 0. The van der Waals surface area contributed by atoms with Gasteiger partial charge in [-0.25, -0.2) is 0 Å². The van der Waals surface area contributed by atoms with Gasteiger partial charge in [0, 0.05) is 16.4 Å². The van der Waals surface area contributed by atoms with E-state index in [-0.39, 0.29) is 0 Å². The van der Waals surface area contributed by atoms with Crippen molar-refractivity contribution in [1.82, 2.24) is 19.7 Å². The molecule has 0 saturated carbocycles. The van der Waals surface area contributed by atoms with Gasteiger partial charge in [-0.2, -0.15) is 0 Å². The molecule has 0 aliphatic heterocycles. The first-order chi connectivity index (χ1) is 8.84. The van der Waals surface area contributed by atoms with E-state index in [0.29, 0.717) is 0 Å². The summed E-state index contributed by atoms with van der Waals surface area (Å²) in [6.07, 6.45) is 3.44. The van der Waals surface area contributed by atoms with Crippen molar-refractivity contribution in [3.8, 4) is 17.2 Å². The van der Waals surface area contributed by atoms with Crippen LogP contribution in [0.3, 0.4) is 0 Å². The molecule has 18 heavy (non-hydrogen) atoms. The van der Waals surface area contributed by atoms with Crippen molar-refractivity contribution in [2.45, 2.75) is 0 Å². The SMILES string of the molecule is Brc1ccc(-c2nncn2-c2ccccc2)nc1. The van der Waals surface area contributed by atoms with Gasteiger partial charge in [0.15, 0.2) is 5.82 Å². The van der Waals surface area contributed by atoms with Gasteiger partial charge < -0.3 is 0 Å². The van der Waals surface area contributed by atoms with Gasteiger partial charge in [-0.15, -0.1) is 10.2 Å². The third-order valence-corrected chi connectivity index (χ3v) is 3.01. The van der Waals surface area contributed by atoms with E-state index in [2.05, 4.69) is 31.1 Å². The predicted molar refractivity (Wildman–Crippen MR) is 72.3 cm³/mol. The Morgan fingerprint density at radius 3 is 2.56 bits per heavy atom. The van der Waals surface area contributed by atoms with E-state index in [1.165, 1.54) is 0 Å². The molecule has 0 radical (unpaired) electrons. The molecule has 0 aliphatic carbocycles. The molecule has 0 N–H and O–H groups in total. The minimum Gasteiger partial charge on any atom is -0.280 e. The number of para-hydroxylation sites is 1. The summed E-state index contributed by atoms with van der Waals surface area (Å²) in [4.78, 5) is 4.34. The van der Waals surface area contributed by atoms with Crippen LogP contribution in [0.2, 0.25) is 0 Å². The molecule has 4 nitrogen and oxygen atoms in total. The van der Waals surface area contributed by atoms with Gasteiger partial charge in [-0.1, -0.05) is 18.2 Å². The van der Waals surface area contributed by atoms with Crippen LogP contribution >= 0.6 is 15.9 Å². The van der Waals surface area contributed by atoms with Gasteiger partial charge >= 0.3 is 0 Å². The lowest BCUT2D eigenvalue weighted by Crippen LogP contribution is -1.97. The van der Waals surface area contributed by atoms with Crippen LogP contribution in [0.25, 0.3) is 17.2 Å². The van der Waals surface area contributed by atoms with Gasteiger partial charge in [0.05, 0.1) is 0 Å². The normalized spacial score (nSPS) is 10.5. The van der Waals surface area contributed by atoms with Crippen molar-refractivity contribution in [2.24, 2.45) is 0 Å². The molecule has 0 saturated heterocycles. The van der Waals surface area contributed by atoms with Crippen LogP contribution in [0.4, 0.5) is 0 Å². The van der Waals surface area contributed by atoms with Gasteiger partial charge in [-0.05, 0) is 40.2 Å². The van der Waals surface area contributed by atoms with Crippen molar-refractivity contribution in [1.29, 1.82) is 0 Å². The second-order valence-electron chi connectivity index (χ2n) is 3.72. The Morgan fingerprint density at radius 2 is 1.83 bits per heavy atom. The smallest absolute Gasteiger partial charge is 0.186 e. The van der Waals surface area contributed by atoms with Crippen LogP contribution < -0.4 is 0 Å². The lowest BCUT2D eigenvalue weighted by Gasteiger charge is -2.05. The Kier molecular flexibility index (Phi) is 2.90. The maximum Gasteiger partial charge on any atom is 0.186 e. The largest absolute Gasteiger partial charge is 0.280 e. The maximum atomic E-state index is 4.34.